The number of hydrogen-bond donors (Lipinski definition) is 1. The molecule has 0 spiro atoms. The number of methoxy groups -OCH3 is 1. The van der Waals surface area contributed by atoms with Crippen LogP contribution in [0.4, 0.5) is 0 Å². The molecule has 0 aliphatic carbocycles. The highest BCUT2D eigenvalue weighted by atomic mass is 35.5. The van der Waals surface area contributed by atoms with E-state index in [1.54, 1.807) is 18.4 Å². The topological polar surface area (TPSA) is 54.5 Å². The van der Waals surface area contributed by atoms with Crippen LogP contribution < -0.4 is 10.1 Å². The summed E-state index contributed by atoms with van der Waals surface area (Å²) in [6, 6.07) is 7.85. The van der Waals surface area contributed by atoms with E-state index in [9.17, 15) is 4.79 Å². The Balaban J connectivity index is 0.00000182. The summed E-state index contributed by atoms with van der Waals surface area (Å²) in [6.45, 7) is 6.50. The summed E-state index contributed by atoms with van der Waals surface area (Å²) < 4.78 is 5.50. The molecule has 0 saturated carbocycles. The highest BCUT2D eigenvalue weighted by Crippen LogP contribution is 2.31. The van der Waals surface area contributed by atoms with E-state index in [1.165, 1.54) is 0 Å². The molecule has 27 heavy (non-hydrogen) atoms. The molecule has 1 amide bonds. The van der Waals surface area contributed by atoms with Crippen molar-refractivity contribution in [2.24, 2.45) is 5.92 Å². The first-order valence-electron chi connectivity index (χ1n) is 8.69. The number of hydrogen-bond acceptors (Lipinski definition) is 5. The summed E-state index contributed by atoms with van der Waals surface area (Å²) in [5, 5.41) is 6.31. The predicted octanol–water partition coefficient (Wildman–Crippen LogP) is 3.98. The van der Waals surface area contributed by atoms with Gasteiger partial charge in [-0.05, 0) is 12.0 Å². The Bertz CT molecular complexity index is 739. The van der Waals surface area contributed by atoms with Crippen LogP contribution in [0.5, 0.6) is 5.75 Å². The van der Waals surface area contributed by atoms with E-state index in [0.717, 1.165) is 35.8 Å². The second kappa shape index (κ2) is 10.9. The zero-order valence-electron chi connectivity index (χ0n) is 15.8. The molecule has 1 N–H and O–H groups in total. The summed E-state index contributed by atoms with van der Waals surface area (Å²) in [7, 11) is 1.67. The van der Waals surface area contributed by atoms with Crippen LogP contribution in [-0.2, 0) is 6.42 Å². The van der Waals surface area contributed by atoms with Gasteiger partial charge in [0.05, 0.1) is 18.2 Å². The number of aromatic nitrogens is 1. The number of nitrogens with one attached hydrogen (secondary N) is 1. The predicted molar refractivity (Wildman–Crippen MR) is 115 cm³/mol. The Hall–Kier alpha value is -1.34. The summed E-state index contributed by atoms with van der Waals surface area (Å²) in [5.74, 6) is 1.35. The number of rotatable bonds is 5. The second-order valence-corrected chi connectivity index (χ2v) is 7.63. The zero-order valence-corrected chi connectivity index (χ0v) is 18.3. The third-order valence-corrected chi connectivity index (χ3v) is 5.23. The molecule has 1 aliphatic rings. The van der Waals surface area contributed by atoms with E-state index in [2.05, 4.69) is 24.1 Å². The number of thiazole rings is 1. The molecule has 1 fully saturated rings. The van der Waals surface area contributed by atoms with Crippen LogP contribution >= 0.6 is 36.2 Å². The van der Waals surface area contributed by atoms with E-state index < -0.39 is 0 Å². The van der Waals surface area contributed by atoms with Gasteiger partial charge in [0.1, 0.15) is 11.4 Å². The Morgan fingerprint density at radius 2 is 2.11 bits per heavy atom. The first-order valence-corrected chi connectivity index (χ1v) is 9.57. The van der Waals surface area contributed by atoms with Gasteiger partial charge in [-0.2, -0.15) is 0 Å². The number of amides is 1. The summed E-state index contributed by atoms with van der Waals surface area (Å²) in [4.78, 5) is 19.6. The molecule has 1 aliphatic heterocycles. The molecular weight excluding hydrogens is 405 g/mol. The largest absolute Gasteiger partial charge is 0.496 e. The summed E-state index contributed by atoms with van der Waals surface area (Å²) in [5.41, 5.74) is 1.59. The van der Waals surface area contributed by atoms with Crippen molar-refractivity contribution in [3.05, 3.63) is 45.9 Å². The molecule has 2 heterocycles. The van der Waals surface area contributed by atoms with Crippen molar-refractivity contribution >= 4 is 42.1 Å². The SMILES string of the molecule is COc1ccccc1C1CNCCN1C(=O)c1csc(CC(C)C)n1.Cl.Cl. The van der Waals surface area contributed by atoms with Gasteiger partial charge in [-0.3, -0.25) is 4.79 Å². The van der Waals surface area contributed by atoms with Gasteiger partial charge in [0.2, 0.25) is 0 Å². The smallest absolute Gasteiger partial charge is 0.273 e. The normalized spacial score (nSPS) is 16.4. The van der Waals surface area contributed by atoms with Gasteiger partial charge in [-0.1, -0.05) is 32.0 Å². The van der Waals surface area contributed by atoms with Gasteiger partial charge < -0.3 is 15.0 Å². The highest BCUT2D eigenvalue weighted by molar-refractivity contribution is 7.09. The van der Waals surface area contributed by atoms with Crippen molar-refractivity contribution in [3.8, 4) is 5.75 Å². The number of nitrogens with zero attached hydrogens (tertiary/aromatic N) is 2. The van der Waals surface area contributed by atoms with Crippen LogP contribution in [-0.4, -0.2) is 42.5 Å². The number of ether oxygens (including phenoxy) is 1. The van der Waals surface area contributed by atoms with Crippen LogP contribution in [0.15, 0.2) is 29.6 Å². The molecule has 0 bridgehead atoms. The fourth-order valence-electron chi connectivity index (χ4n) is 3.17. The van der Waals surface area contributed by atoms with Gasteiger partial charge in [0.15, 0.2) is 0 Å². The number of carbonyl (C=O) groups excluding carboxylic acids is 1. The Kier molecular flexibility index (Phi) is 9.53. The number of piperazine rings is 1. The minimum Gasteiger partial charge on any atom is -0.496 e. The fourth-order valence-corrected chi connectivity index (χ4v) is 4.15. The maximum absolute atomic E-state index is 13.1. The van der Waals surface area contributed by atoms with Gasteiger partial charge in [-0.25, -0.2) is 4.98 Å². The van der Waals surface area contributed by atoms with Crippen molar-refractivity contribution in [1.29, 1.82) is 0 Å². The minimum absolute atomic E-state index is 0. The Morgan fingerprint density at radius 1 is 1.37 bits per heavy atom. The summed E-state index contributed by atoms with van der Waals surface area (Å²) in [6.07, 6.45) is 0.912. The quantitative estimate of drug-likeness (QED) is 0.777. The third kappa shape index (κ3) is 5.57. The van der Waals surface area contributed by atoms with Crippen molar-refractivity contribution < 1.29 is 9.53 Å². The lowest BCUT2D eigenvalue weighted by atomic mass is 10.0. The van der Waals surface area contributed by atoms with Crippen LogP contribution in [0.2, 0.25) is 0 Å². The van der Waals surface area contributed by atoms with Crippen LogP contribution in [0.3, 0.4) is 0 Å². The van der Waals surface area contributed by atoms with Crippen molar-refractivity contribution in [3.63, 3.8) is 0 Å². The maximum atomic E-state index is 13.1. The molecule has 1 saturated heterocycles. The number of benzene rings is 1. The van der Waals surface area contributed by atoms with Crippen molar-refractivity contribution in [2.75, 3.05) is 26.7 Å². The monoisotopic (exact) mass is 431 g/mol. The number of halogens is 2. The lowest BCUT2D eigenvalue weighted by Crippen LogP contribution is -2.48. The third-order valence-electron chi connectivity index (χ3n) is 4.36. The van der Waals surface area contributed by atoms with E-state index in [0.29, 0.717) is 18.2 Å². The average Bonchev–Trinajstić information content (AvgIpc) is 3.08. The van der Waals surface area contributed by atoms with E-state index in [-0.39, 0.29) is 36.8 Å². The van der Waals surface area contributed by atoms with Gasteiger partial charge in [0, 0.05) is 37.0 Å². The summed E-state index contributed by atoms with van der Waals surface area (Å²) >= 11 is 1.58. The van der Waals surface area contributed by atoms with Crippen molar-refractivity contribution in [1.82, 2.24) is 15.2 Å². The number of carbonyl (C=O) groups is 1. The Labute approximate surface area is 177 Å². The highest BCUT2D eigenvalue weighted by Gasteiger charge is 2.31. The lowest BCUT2D eigenvalue weighted by molar-refractivity contribution is 0.0626. The molecule has 1 aromatic carbocycles. The number of para-hydroxylation sites is 1. The minimum atomic E-state index is -0.0485. The molecule has 8 heteroatoms. The maximum Gasteiger partial charge on any atom is 0.273 e. The molecule has 0 radical (unpaired) electrons. The molecule has 1 unspecified atom stereocenters. The molecule has 2 aromatic rings. The molecule has 3 rings (SSSR count). The first-order chi connectivity index (χ1) is 12.1. The molecule has 5 nitrogen and oxygen atoms in total. The van der Waals surface area contributed by atoms with E-state index >= 15 is 0 Å². The first kappa shape index (κ1) is 23.7. The zero-order chi connectivity index (χ0) is 17.8. The van der Waals surface area contributed by atoms with E-state index in [4.69, 9.17) is 4.74 Å². The van der Waals surface area contributed by atoms with Crippen LogP contribution in [0.1, 0.15) is 40.9 Å². The molecular formula is C19H27Cl2N3O2S. The molecule has 1 atom stereocenters. The second-order valence-electron chi connectivity index (χ2n) is 6.68. The van der Waals surface area contributed by atoms with Crippen LogP contribution in [0.25, 0.3) is 0 Å². The lowest BCUT2D eigenvalue weighted by Gasteiger charge is -2.36. The van der Waals surface area contributed by atoms with Gasteiger partial charge in [0.25, 0.3) is 5.91 Å². The standard InChI is InChI=1S/C19H25N3O2S.2ClH/c1-13(2)10-18-21-15(12-25-18)19(23)22-9-8-20-11-16(22)14-6-4-5-7-17(14)24-3;;/h4-7,12-13,16,20H,8-11H2,1-3H3;2*1H. The average molecular weight is 432 g/mol. The van der Waals surface area contributed by atoms with Crippen molar-refractivity contribution in [2.45, 2.75) is 26.3 Å². The van der Waals surface area contributed by atoms with Gasteiger partial charge in [-0.15, -0.1) is 36.2 Å². The van der Waals surface area contributed by atoms with Crippen LogP contribution in [0, 0.1) is 5.92 Å². The van der Waals surface area contributed by atoms with E-state index in [1.807, 2.05) is 34.5 Å². The fraction of sp³-hybridized carbons (Fsp3) is 0.474. The molecule has 150 valence electrons. The molecule has 1 aromatic heterocycles. The Morgan fingerprint density at radius 3 is 2.81 bits per heavy atom. The van der Waals surface area contributed by atoms with Gasteiger partial charge >= 0.3 is 0 Å².